The van der Waals surface area contributed by atoms with Gasteiger partial charge in [-0.05, 0) is 54.3 Å². The maximum atomic E-state index is 5.22. The maximum Gasteiger partial charge on any atom is 0.173 e. The lowest BCUT2D eigenvalue weighted by Gasteiger charge is -2.25. The van der Waals surface area contributed by atoms with E-state index in [0.29, 0.717) is 0 Å². The van der Waals surface area contributed by atoms with Gasteiger partial charge in [0.05, 0.1) is 7.11 Å². The quantitative estimate of drug-likeness (QED) is 0.576. The molecule has 3 rings (SSSR count). The minimum Gasteiger partial charge on any atom is -0.497 e. The van der Waals surface area contributed by atoms with Crippen molar-refractivity contribution in [1.82, 2.24) is 10.6 Å². The highest BCUT2D eigenvalue weighted by atomic mass is 16.5. The summed E-state index contributed by atoms with van der Waals surface area (Å²) in [6.07, 6.45) is 3.15. The summed E-state index contributed by atoms with van der Waals surface area (Å²) in [6.45, 7) is 7.34. The Bertz CT molecular complexity index is 740. The molecule has 5 nitrogen and oxygen atoms in total. The van der Waals surface area contributed by atoms with Gasteiger partial charge < -0.3 is 15.4 Å². The second-order valence-corrected chi connectivity index (χ2v) is 7.69. The van der Waals surface area contributed by atoms with E-state index in [2.05, 4.69) is 71.2 Å². The molecule has 0 bridgehead atoms. The van der Waals surface area contributed by atoms with E-state index in [1.54, 1.807) is 7.11 Å². The van der Waals surface area contributed by atoms with Crippen LogP contribution < -0.4 is 20.7 Å². The molecule has 0 saturated carbocycles. The molecule has 3 N–H and O–H groups in total. The summed E-state index contributed by atoms with van der Waals surface area (Å²) in [4.78, 5) is 4.63. The number of hydrogen-bond acceptors (Lipinski definition) is 5. The third-order valence-corrected chi connectivity index (χ3v) is 4.98. The van der Waals surface area contributed by atoms with E-state index in [1.165, 1.54) is 17.5 Å². The van der Waals surface area contributed by atoms with E-state index >= 15 is 0 Å². The minimum atomic E-state index is -0.0930. The molecule has 0 saturated heterocycles. The third-order valence-electron chi connectivity index (χ3n) is 4.98. The molecule has 28 heavy (non-hydrogen) atoms. The molecule has 0 aliphatic carbocycles. The van der Waals surface area contributed by atoms with Crippen LogP contribution in [0.2, 0.25) is 0 Å². The Hall–Kier alpha value is -2.37. The predicted molar refractivity (Wildman–Crippen MR) is 117 cm³/mol. The molecular formula is C23H32N4O. The summed E-state index contributed by atoms with van der Waals surface area (Å²) < 4.78 is 5.22. The molecule has 0 aromatic heterocycles. The fraction of sp³-hybridized carbons (Fsp3) is 0.435. The summed E-state index contributed by atoms with van der Waals surface area (Å²) in [5, 5.41) is 10.4. The van der Waals surface area contributed by atoms with Crippen molar-refractivity contribution < 1.29 is 4.74 Å². The minimum absolute atomic E-state index is 0.0930. The van der Waals surface area contributed by atoms with Gasteiger partial charge in [-0.3, -0.25) is 10.3 Å². The van der Waals surface area contributed by atoms with Crippen molar-refractivity contribution in [3.8, 4) is 5.75 Å². The summed E-state index contributed by atoms with van der Waals surface area (Å²) >= 11 is 0. The van der Waals surface area contributed by atoms with Crippen molar-refractivity contribution in [3.63, 3.8) is 0 Å². The van der Waals surface area contributed by atoms with Crippen LogP contribution >= 0.6 is 0 Å². The molecule has 2 aromatic rings. The van der Waals surface area contributed by atoms with Gasteiger partial charge in [0, 0.05) is 30.9 Å². The Labute approximate surface area is 168 Å². The number of nitrogens with one attached hydrogen (secondary N) is 3. The van der Waals surface area contributed by atoms with Crippen LogP contribution in [0.4, 0.5) is 5.69 Å². The third kappa shape index (κ3) is 6.08. The molecule has 2 atom stereocenters. The van der Waals surface area contributed by atoms with Crippen LogP contribution in [0.3, 0.4) is 0 Å². The lowest BCUT2D eigenvalue weighted by atomic mass is 9.99. The molecular weight excluding hydrogens is 348 g/mol. The molecule has 150 valence electrons. The van der Waals surface area contributed by atoms with Gasteiger partial charge in [-0.2, -0.15) is 0 Å². The van der Waals surface area contributed by atoms with Gasteiger partial charge in [0.25, 0.3) is 0 Å². The summed E-state index contributed by atoms with van der Waals surface area (Å²) in [7, 11) is 1.69. The van der Waals surface area contributed by atoms with Crippen LogP contribution in [-0.2, 0) is 6.54 Å². The van der Waals surface area contributed by atoms with Crippen molar-refractivity contribution in [2.75, 3.05) is 25.5 Å². The van der Waals surface area contributed by atoms with Gasteiger partial charge >= 0.3 is 0 Å². The normalized spacial score (nSPS) is 19.0. The van der Waals surface area contributed by atoms with Crippen molar-refractivity contribution in [2.24, 2.45) is 10.9 Å². The molecule has 1 aliphatic rings. The van der Waals surface area contributed by atoms with E-state index in [4.69, 9.17) is 4.74 Å². The topological polar surface area (TPSA) is 57.7 Å². The molecule has 0 amide bonds. The number of benzene rings is 2. The van der Waals surface area contributed by atoms with Crippen molar-refractivity contribution >= 4 is 11.9 Å². The van der Waals surface area contributed by atoms with E-state index in [1.807, 2.05) is 18.3 Å². The predicted octanol–water partition coefficient (Wildman–Crippen LogP) is 3.98. The maximum absolute atomic E-state index is 5.22. The van der Waals surface area contributed by atoms with Crippen molar-refractivity contribution in [2.45, 2.75) is 39.0 Å². The number of anilines is 1. The van der Waals surface area contributed by atoms with E-state index in [9.17, 15) is 0 Å². The lowest BCUT2D eigenvalue weighted by molar-refractivity contribution is 0.414. The fourth-order valence-corrected chi connectivity index (χ4v) is 3.18. The van der Waals surface area contributed by atoms with Gasteiger partial charge in [-0.15, -0.1) is 0 Å². The average Bonchev–Trinajstić information content (AvgIpc) is 2.73. The first-order valence-electron chi connectivity index (χ1n) is 10.1. The first kappa shape index (κ1) is 20.4. The number of rotatable bonds is 9. The molecule has 0 radical (unpaired) electrons. The van der Waals surface area contributed by atoms with Crippen LogP contribution in [0.1, 0.15) is 37.3 Å². The lowest BCUT2D eigenvalue weighted by Crippen LogP contribution is -2.41. The van der Waals surface area contributed by atoms with Crippen LogP contribution in [0.25, 0.3) is 0 Å². The molecule has 5 heteroatoms. The van der Waals surface area contributed by atoms with Crippen molar-refractivity contribution in [3.05, 3.63) is 59.7 Å². The number of hydrogen-bond donors (Lipinski definition) is 3. The van der Waals surface area contributed by atoms with Gasteiger partial charge in [0.2, 0.25) is 0 Å². The van der Waals surface area contributed by atoms with Crippen LogP contribution in [-0.4, -0.2) is 32.7 Å². The van der Waals surface area contributed by atoms with Gasteiger partial charge in [0.1, 0.15) is 5.75 Å². The van der Waals surface area contributed by atoms with Crippen LogP contribution in [0.15, 0.2) is 53.5 Å². The zero-order valence-electron chi connectivity index (χ0n) is 17.1. The van der Waals surface area contributed by atoms with Gasteiger partial charge in [0.15, 0.2) is 6.29 Å². The monoisotopic (exact) mass is 380 g/mol. The van der Waals surface area contributed by atoms with E-state index < -0.39 is 0 Å². The Morgan fingerprint density at radius 1 is 1.11 bits per heavy atom. The Kier molecular flexibility index (Phi) is 7.46. The number of ether oxygens (including phenoxy) is 1. The Morgan fingerprint density at radius 2 is 1.86 bits per heavy atom. The number of methoxy groups -OCH3 is 1. The molecule has 1 heterocycles. The van der Waals surface area contributed by atoms with Crippen molar-refractivity contribution in [1.29, 1.82) is 0 Å². The smallest absolute Gasteiger partial charge is 0.173 e. The first-order valence-corrected chi connectivity index (χ1v) is 10.1. The average molecular weight is 381 g/mol. The highest BCUT2D eigenvalue weighted by molar-refractivity contribution is 5.69. The Morgan fingerprint density at radius 3 is 2.46 bits per heavy atom. The standard InChI is InChI=1S/C23H32N4O/c1-17(2)12-13-24-14-18-4-8-21(9-5-18)27-23-25-15-20(16-26-23)19-6-10-22(28-3)11-7-19/h4-11,15,17,20,23-24,26-27H,12-14,16H2,1-3H3. The largest absolute Gasteiger partial charge is 0.497 e. The van der Waals surface area contributed by atoms with Crippen LogP contribution in [0.5, 0.6) is 5.75 Å². The van der Waals surface area contributed by atoms with E-state index in [0.717, 1.165) is 37.0 Å². The van der Waals surface area contributed by atoms with Gasteiger partial charge in [-0.1, -0.05) is 38.1 Å². The SMILES string of the molecule is COc1ccc(C2C=NC(Nc3ccc(CNCCC(C)C)cc3)NC2)cc1. The van der Waals surface area contributed by atoms with Crippen LogP contribution in [0, 0.1) is 5.92 Å². The molecule has 0 spiro atoms. The second-order valence-electron chi connectivity index (χ2n) is 7.69. The summed E-state index contributed by atoms with van der Waals surface area (Å²) in [5.74, 6) is 1.90. The summed E-state index contributed by atoms with van der Waals surface area (Å²) in [5.41, 5.74) is 3.61. The van der Waals surface area contributed by atoms with E-state index in [-0.39, 0.29) is 12.2 Å². The zero-order valence-corrected chi connectivity index (χ0v) is 17.1. The number of nitrogens with zero attached hydrogens (tertiary/aromatic N) is 1. The fourth-order valence-electron chi connectivity index (χ4n) is 3.18. The highest BCUT2D eigenvalue weighted by Gasteiger charge is 2.17. The molecule has 0 fully saturated rings. The first-order chi connectivity index (χ1) is 13.6. The van der Waals surface area contributed by atoms with Gasteiger partial charge in [-0.25, -0.2) is 0 Å². The zero-order chi connectivity index (χ0) is 19.8. The molecule has 2 aromatic carbocycles. The summed E-state index contributed by atoms with van der Waals surface area (Å²) in [6, 6.07) is 16.7. The number of aliphatic imine (C=N–C) groups is 1. The molecule has 2 unspecified atom stereocenters. The Balaban J connectivity index is 1.47. The second kappa shape index (κ2) is 10.2. The highest BCUT2D eigenvalue weighted by Crippen LogP contribution is 2.20. The molecule has 1 aliphatic heterocycles.